The number of ether oxygens (including phenoxy) is 2. The predicted molar refractivity (Wildman–Crippen MR) is 96.0 cm³/mol. The standard InChI is InChI=1S/C19H18N4O3/c1-25-18-9-15(14-10-20-12-21-11-14)16-8-13(2-3-17(16)22-18)19(24)23-4-6-26-7-5-23/h2-3,8-12H,4-7H2,1H3. The van der Waals surface area contributed by atoms with E-state index in [1.807, 2.05) is 23.1 Å². The highest BCUT2D eigenvalue weighted by Gasteiger charge is 2.19. The molecule has 1 fully saturated rings. The van der Waals surface area contributed by atoms with E-state index >= 15 is 0 Å². The van der Waals surface area contributed by atoms with Crippen LogP contribution in [0.4, 0.5) is 0 Å². The van der Waals surface area contributed by atoms with Crippen molar-refractivity contribution in [2.24, 2.45) is 0 Å². The van der Waals surface area contributed by atoms with E-state index in [2.05, 4.69) is 15.0 Å². The fourth-order valence-corrected chi connectivity index (χ4v) is 3.07. The number of methoxy groups -OCH3 is 1. The van der Waals surface area contributed by atoms with Crippen molar-refractivity contribution in [1.29, 1.82) is 0 Å². The number of pyridine rings is 1. The Labute approximate surface area is 150 Å². The molecule has 7 heteroatoms. The van der Waals surface area contributed by atoms with Crippen LogP contribution in [0.3, 0.4) is 0 Å². The Balaban J connectivity index is 1.82. The van der Waals surface area contributed by atoms with Gasteiger partial charge in [0.1, 0.15) is 6.33 Å². The van der Waals surface area contributed by atoms with Crippen molar-refractivity contribution in [2.75, 3.05) is 33.4 Å². The molecule has 0 atom stereocenters. The molecule has 0 spiro atoms. The van der Waals surface area contributed by atoms with Crippen molar-refractivity contribution in [3.63, 3.8) is 0 Å². The molecule has 1 amide bonds. The number of rotatable bonds is 3. The highest BCUT2D eigenvalue weighted by atomic mass is 16.5. The summed E-state index contributed by atoms with van der Waals surface area (Å²) < 4.78 is 10.6. The summed E-state index contributed by atoms with van der Waals surface area (Å²) >= 11 is 0. The van der Waals surface area contributed by atoms with Gasteiger partial charge in [0.2, 0.25) is 5.88 Å². The summed E-state index contributed by atoms with van der Waals surface area (Å²) in [6.07, 6.45) is 4.95. The van der Waals surface area contributed by atoms with Gasteiger partial charge in [0.25, 0.3) is 5.91 Å². The summed E-state index contributed by atoms with van der Waals surface area (Å²) in [7, 11) is 1.58. The van der Waals surface area contributed by atoms with Crippen molar-refractivity contribution >= 4 is 16.8 Å². The lowest BCUT2D eigenvalue weighted by Crippen LogP contribution is -2.40. The number of carbonyl (C=O) groups is 1. The number of hydrogen-bond acceptors (Lipinski definition) is 6. The minimum Gasteiger partial charge on any atom is -0.481 e. The molecule has 0 saturated carbocycles. The quantitative estimate of drug-likeness (QED) is 0.720. The number of hydrogen-bond donors (Lipinski definition) is 0. The van der Waals surface area contributed by atoms with Gasteiger partial charge in [-0.2, -0.15) is 0 Å². The van der Waals surface area contributed by atoms with Crippen LogP contribution in [0.1, 0.15) is 10.4 Å². The molecule has 2 aromatic heterocycles. The van der Waals surface area contributed by atoms with E-state index in [4.69, 9.17) is 9.47 Å². The van der Waals surface area contributed by atoms with E-state index in [1.165, 1.54) is 6.33 Å². The number of amides is 1. The monoisotopic (exact) mass is 350 g/mol. The maximum Gasteiger partial charge on any atom is 0.254 e. The molecule has 132 valence electrons. The zero-order valence-corrected chi connectivity index (χ0v) is 14.4. The number of morpholine rings is 1. The second-order valence-corrected chi connectivity index (χ2v) is 5.98. The van der Waals surface area contributed by atoms with Gasteiger partial charge in [0, 0.05) is 48.1 Å². The average Bonchev–Trinajstić information content (AvgIpc) is 2.73. The third-order valence-corrected chi connectivity index (χ3v) is 4.41. The number of fused-ring (bicyclic) bond motifs is 1. The van der Waals surface area contributed by atoms with Crippen molar-refractivity contribution < 1.29 is 14.3 Å². The first kappa shape index (κ1) is 16.4. The normalized spacial score (nSPS) is 14.4. The minimum atomic E-state index is 0.00118. The van der Waals surface area contributed by atoms with Crippen LogP contribution in [0, 0.1) is 0 Å². The number of nitrogens with zero attached hydrogens (tertiary/aromatic N) is 4. The molecule has 4 rings (SSSR count). The first-order chi connectivity index (χ1) is 12.8. The van der Waals surface area contributed by atoms with Gasteiger partial charge in [0.15, 0.2) is 0 Å². The molecular formula is C19H18N4O3. The third-order valence-electron chi connectivity index (χ3n) is 4.41. The van der Waals surface area contributed by atoms with Crippen LogP contribution >= 0.6 is 0 Å². The highest BCUT2D eigenvalue weighted by Crippen LogP contribution is 2.31. The second-order valence-electron chi connectivity index (χ2n) is 5.98. The van der Waals surface area contributed by atoms with Crippen molar-refractivity contribution in [1.82, 2.24) is 19.9 Å². The topological polar surface area (TPSA) is 77.4 Å². The second kappa shape index (κ2) is 7.05. The van der Waals surface area contributed by atoms with E-state index < -0.39 is 0 Å². The SMILES string of the molecule is COc1cc(-c2cncnc2)c2cc(C(=O)N3CCOCC3)ccc2n1. The smallest absolute Gasteiger partial charge is 0.254 e. The van der Waals surface area contributed by atoms with E-state index in [0.717, 1.165) is 22.0 Å². The molecule has 0 unspecified atom stereocenters. The van der Waals surface area contributed by atoms with Crippen LogP contribution in [0.5, 0.6) is 5.88 Å². The number of benzene rings is 1. The summed E-state index contributed by atoms with van der Waals surface area (Å²) in [5.41, 5.74) is 3.10. The summed E-state index contributed by atoms with van der Waals surface area (Å²) in [4.78, 5) is 27.3. The lowest BCUT2D eigenvalue weighted by molar-refractivity contribution is 0.0303. The lowest BCUT2D eigenvalue weighted by Gasteiger charge is -2.27. The van der Waals surface area contributed by atoms with Crippen molar-refractivity contribution in [2.45, 2.75) is 0 Å². The molecule has 0 bridgehead atoms. The lowest BCUT2D eigenvalue weighted by atomic mass is 10.0. The fraction of sp³-hybridized carbons (Fsp3) is 0.263. The molecule has 0 aliphatic carbocycles. The summed E-state index contributed by atoms with van der Waals surface area (Å²) in [6, 6.07) is 7.36. The van der Waals surface area contributed by atoms with Gasteiger partial charge in [-0.05, 0) is 23.8 Å². The molecule has 1 aromatic carbocycles. The Morgan fingerprint density at radius 2 is 1.92 bits per heavy atom. The Hall–Kier alpha value is -3.06. The zero-order valence-electron chi connectivity index (χ0n) is 14.4. The molecule has 7 nitrogen and oxygen atoms in total. The average molecular weight is 350 g/mol. The van der Waals surface area contributed by atoms with Crippen LogP contribution in [-0.2, 0) is 4.74 Å². The van der Waals surface area contributed by atoms with E-state index in [-0.39, 0.29) is 5.91 Å². The minimum absolute atomic E-state index is 0.00118. The Kier molecular flexibility index (Phi) is 4.45. The molecule has 0 N–H and O–H groups in total. The Bertz CT molecular complexity index is 940. The van der Waals surface area contributed by atoms with E-state index in [9.17, 15) is 4.79 Å². The fourth-order valence-electron chi connectivity index (χ4n) is 3.07. The van der Waals surface area contributed by atoms with Gasteiger partial charge in [-0.25, -0.2) is 15.0 Å². The van der Waals surface area contributed by atoms with Gasteiger partial charge >= 0.3 is 0 Å². The number of carbonyl (C=O) groups excluding carboxylic acids is 1. The largest absolute Gasteiger partial charge is 0.481 e. The van der Waals surface area contributed by atoms with Gasteiger partial charge < -0.3 is 14.4 Å². The van der Waals surface area contributed by atoms with Gasteiger partial charge in [-0.15, -0.1) is 0 Å². The maximum atomic E-state index is 12.8. The Morgan fingerprint density at radius 3 is 2.65 bits per heavy atom. The molecule has 3 heterocycles. The zero-order chi connectivity index (χ0) is 17.9. The molecule has 1 saturated heterocycles. The van der Waals surface area contributed by atoms with Gasteiger partial charge in [0.05, 0.1) is 25.8 Å². The first-order valence-corrected chi connectivity index (χ1v) is 8.37. The maximum absolute atomic E-state index is 12.8. The van der Waals surface area contributed by atoms with E-state index in [0.29, 0.717) is 37.7 Å². The number of aromatic nitrogens is 3. The van der Waals surface area contributed by atoms with E-state index in [1.54, 1.807) is 25.6 Å². The molecule has 0 radical (unpaired) electrons. The van der Waals surface area contributed by atoms with Crippen LogP contribution < -0.4 is 4.74 Å². The Morgan fingerprint density at radius 1 is 1.15 bits per heavy atom. The summed E-state index contributed by atoms with van der Waals surface area (Å²) in [5.74, 6) is 0.505. The van der Waals surface area contributed by atoms with Crippen LogP contribution in [-0.4, -0.2) is 59.2 Å². The molecule has 3 aromatic rings. The molecular weight excluding hydrogens is 332 g/mol. The van der Waals surface area contributed by atoms with Gasteiger partial charge in [-0.1, -0.05) is 0 Å². The van der Waals surface area contributed by atoms with Crippen molar-refractivity contribution in [3.8, 4) is 17.0 Å². The van der Waals surface area contributed by atoms with Crippen LogP contribution in [0.2, 0.25) is 0 Å². The molecule has 1 aliphatic heterocycles. The van der Waals surface area contributed by atoms with Crippen molar-refractivity contribution in [3.05, 3.63) is 48.5 Å². The van der Waals surface area contributed by atoms with Gasteiger partial charge in [-0.3, -0.25) is 4.79 Å². The predicted octanol–water partition coefficient (Wildman–Crippen LogP) is 2.17. The summed E-state index contributed by atoms with van der Waals surface area (Å²) in [5, 5.41) is 0.861. The first-order valence-electron chi connectivity index (χ1n) is 8.37. The molecule has 1 aliphatic rings. The molecule has 26 heavy (non-hydrogen) atoms. The third kappa shape index (κ3) is 3.09. The summed E-state index contributed by atoms with van der Waals surface area (Å²) in [6.45, 7) is 2.36. The van der Waals surface area contributed by atoms with Crippen LogP contribution in [0.25, 0.3) is 22.0 Å². The highest BCUT2D eigenvalue weighted by molar-refractivity contribution is 6.02. The van der Waals surface area contributed by atoms with Crippen LogP contribution in [0.15, 0.2) is 43.0 Å².